The first-order chi connectivity index (χ1) is 16.4. The molecule has 1 N–H and O–H groups in total. The molecule has 0 aliphatic carbocycles. The van der Waals surface area contributed by atoms with Crippen molar-refractivity contribution in [1.29, 1.82) is 5.26 Å². The smallest absolute Gasteiger partial charge is 0.258 e. The summed E-state index contributed by atoms with van der Waals surface area (Å²) in [6, 6.07) is 13.4. The van der Waals surface area contributed by atoms with Crippen LogP contribution in [0.5, 0.6) is 5.75 Å². The average molecular weight is 460 g/mol. The van der Waals surface area contributed by atoms with Gasteiger partial charge in [0.15, 0.2) is 0 Å². The first-order valence-electron chi connectivity index (χ1n) is 11.5. The van der Waals surface area contributed by atoms with Crippen LogP contribution in [0.2, 0.25) is 0 Å². The molecule has 8 nitrogen and oxygen atoms in total. The summed E-state index contributed by atoms with van der Waals surface area (Å²) < 4.78 is 11.2. The van der Waals surface area contributed by atoms with Gasteiger partial charge in [-0.05, 0) is 76.1 Å². The number of carbonyl (C=O) groups excluding carboxylic acids is 1. The van der Waals surface area contributed by atoms with E-state index in [2.05, 4.69) is 33.7 Å². The van der Waals surface area contributed by atoms with Gasteiger partial charge in [-0.3, -0.25) is 4.79 Å². The third-order valence-corrected chi connectivity index (χ3v) is 6.02. The maximum Gasteiger partial charge on any atom is 0.258 e. The molecule has 4 rings (SSSR count). The Hall–Kier alpha value is -3.70. The number of nitrogens with zero attached hydrogens (tertiary/aromatic N) is 4. The van der Waals surface area contributed by atoms with Gasteiger partial charge in [0, 0.05) is 24.2 Å². The molecule has 0 fully saturated rings. The molecular formula is C26H29N5O3. The van der Waals surface area contributed by atoms with Crippen molar-refractivity contribution in [3.63, 3.8) is 0 Å². The molecule has 0 spiro atoms. The third-order valence-electron chi connectivity index (χ3n) is 6.02. The lowest BCUT2D eigenvalue weighted by Crippen LogP contribution is -2.44. The lowest BCUT2D eigenvalue weighted by molar-refractivity contribution is -0.132. The lowest BCUT2D eigenvalue weighted by atomic mass is 10.00. The molecule has 176 valence electrons. The highest BCUT2D eigenvalue weighted by molar-refractivity contribution is 5.81. The largest absolute Gasteiger partial charge is 0.490 e. The molecule has 0 unspecified atom stereocenters. The number of nitrogens with one attached hydrogen (secondary N) is 1. The highest BCUT2D eigenvalue weighted by Crippen LogP contribution is 2.29. The van der Waals surface area contributed by atoms with Gasteiger partial charge in [0.2, 0.25) is 11.7 Å². The maximum absolute atomic E-state index is 12.6. The molecule has 1 atom stereocenters. The van der Waals surface area contributed by atoms with Crippen molar-refractivity contribution in [1.82, 2.24) is 20.4 Å². The van der Waals surface area contributed by atoms with Crippen molar-refractivity contribution in [3.05, 3.63) is 53.1 Å². The molecule has 1 aromatic heterocycles. The van der Waals surface area contributed by atoms with Gasteiger partial charge in [0.1, 0.15) is 11.8 Å². The van der Waals surface area contributed by atoms with Crippen molar-refractivity contribution in [2.45, 2.75) is 45.8 Å². The summed E-state index contributed by atoms with van der Waals surface area (Å²) in [7, 11) is 1.80. The van der Waals surface area contributed by atoms with E-state index in [4.69, 9.17) is 9.26 Å². The zero-order valence-corrected chi connectivity index (χ0v) is 20.0. The molecule has 1 amide bonds. The predicted octanol–water partition coefficient (Wildman–Crippen LogP) is 3.60. The first kappa shape index (κ1) is 23.5. The maximum atomic E-state index is 12.6. The minimum absolute atomic E-state index is 0.0296. The van der Waals surface area contributed by atoms with Crippen LogP contribution in [0.3, 0.4) is 0 Å². The molecule has 1 aliphatic rings. The van der Waals surface area contributed by atoms with Crippen LogP contribution in [-0.2, 0) is 17.6 Å². The number of likely N-dealkylation sites (N-methyl/N-ethyl adjacent to an activating group) is 1. The molecular weight excluding hydrogens is 430 g/mol. The number of hydrogen-bond acceptors (Lipinski definition) is 7. The van der Waals surface area contributed by atoms with Crippen LogP contribution >= 0.6 is 0 Å². The van der Waals surface area contributed by atoms with E-state index in [-0.39, 0.29) is 18.1 Å². The number of hydrogen-bond donors (Lipinski definition) is 1. The van der Waals surface area contributed by atoms with Gasteiger partial charge in [-0.2, -0.15) is 10.2 Å². The van der Waals surface area contributed by atoms with Crippen LogP contribution < -0.4 is 10.1 Å². The fourth-order valence-corrected chi connectivity index (χ4v) is 4.05. The Morgan fingerprint density at radius 3 is 2.56 bits per heavy atom. The third kappa shape index (κ3) is 4.95. The lowest BCUT2D eigenvalue weighted by Gasteiger charge is -2.23. The summed E-state index contributed by atoms with van der Waals surface area (Å²) in [4.78, 5) is 19.1. The van der Waals surface area contributed by atoms with Crippen LogP contribution in [0.15, 0.2) is 40.9 Å². The van der Waals surface area contributed by atoms with E-state index in [1.807, 2.05) is 37.8 Å². The van der Waals surface area contributed by atoms with Crippen LogP contribution in [-0.4, -0.2) is 53.2 Å². The van der Waals surface area contributed by atoms with Crippen LogP contribution in [0.4, 0.5) is 0 Å². The Morgan fingerprint density at radius 1 is 1.12 bits per heavy atom. The molecule has 0 radical (unpaired) electrons. The minimum Gasteiger partial charge on any atom is -0.490 e. The van der Waals surface area contributed by atoms with Gasteiger partial charge in [-0.1, -0.05) is 17.3 Å². The minimum atomic E-state index is -0.193. The zero-order chi connectivity index (χ0) is 24.2. The van der Waals surface area contributed by atoms with Crippen LogP contribution in [0.1, 0.15) is 37.5 Å². The number of benzene rings is 2. The molecule has 2 aromatic carbocycles. The van der Waals surface area contributed by atoms with Gasteiger partial charge in [0.05, 0.1) is 17.7 Å². The van der Waals surface area contributed by atoms with E-state index in [1.54, 1.807) is 19.2 Å². The van der Waals surface area contributed by atoms with E-state index in [1.165, 1.54) is 11.1 Å². The molecule has 0 saturated carbocycles. The van der Waals surface area contributed by atoms with Crippen molar-refractivity contribution in [2.24, 2.45) is 0 Å². The summed E-state index contributed by atoms with van der Waals surface area (Å²) in [6.07, 6.45) is 1.56. The van der Waals surface area contributed by atoms with E-state index in [0.29, 0.717) is 41.7 Å². The van der Waals surface area contributed by atoms with Crippen molar-refractivity contribution < 1.29 is 14.1 Å². The van der Waals surface area contributed by atoms with Crippen molar-refractivity contribution in [2.75, 3.05) is 20.1 Å². The second-order valence-electron chi connectivity index (χ2n) is 8.73. The fraction of sp³-hybridized carbons (Fsp3) is 0.385. The molecule has 8 heteroatoms. The summed E-state index contributed by atoms with van der Waals surface area (Å²) in [6.45, 7) is 7.11. The Labute approximate surface area is 199 Å². The van der Waals surface area contributed by atoms with E-state index in [0.717, 1.165) is 18.4 Å². The predicted molar refractivity (Wildman–Crippen MR) is 128 cm³/mol. The number of fused-ring (bicyclic) bond motifs is 1. The number of aromatic nitrogens is 2. The van der Waals surface area contributed by atoms with Gasteiger partial charge < -0.3 is 19.5 Å². The Morgan fingerprint density at radius 2 is 1.85 bits per heavy atom. The molecule has 0 bridgehead atoms. The number of nitriles is 1. The Balaban J connectivity index is 1.54. The van der Waals surface area contributed by atoms with Gasteiger partial charge in [0.25, 0.3) is 5.89 Å². The van der Waals surface area contributed by atoms with E-state index in [9.17, 15) is 10.1 Å². The SMILES string of the molecule is CN[C@@H](C)C(=O)N1CCc2ccc(-c3noc(-c4ccc(OC(C)C)c(C#N)c4)n3)cc2CC1. The van der Waals surface area contributed by atoms with Crippen molar-refractivity contribution >= 4 is 5.91 Å². The molecule has 34 heavy (non-hydrogen) atoms. The van der Waals surface area contributed by atoms with Crippen LogP contribution in [0, 0.1) is 11.3 Å². The van der Waals surface area contributed by atoms with Gasteiger partial charge >= 0.3 is 0 Å². The standard InChI is InChI=1S/C26H29N5O3/c1-16(2)33-23-8-7-21(14-22(23)15-27)25-29-24(30-34-25)20-6-5-18-9-11-31(12-10-19(18)13-20)26(32)17(3)28-4/h5-8,13-14,16-17,28H,9-12H2,1-4H3/t17-/m0/s1. The second-order valence-corrected chi connectivity index (χ2v) is 8.73. The number of ether oxygens (including phenoxy) is 1. The number of carbonyl (C=O) groups is 1. The normalized spacial score (nSPS) is 14.3. The van der Waals surface area contributed by atoms with Gasteiger partial charge in [-0.15, -0.1) is 0 Å². The van der Waals surface area contributed by atoms with E-state index < -0.39 is 0 Å². The molecule has 3 aromatic rings. The quantitative estimate of drug-likeness (QED) is 0.601. The van der Waals surface area contributed by atoms with E-state index >= 15 is 0 Å². The number of amides is 1. The molecule has 2 heterocycles. The summed E-state index contributed by atoms with van der Waals surface area (Å²) >= 11 is 0. The molecule has 1 aliphatic heterocycles. The monoisotopic (exact) mass is 459 g/mol. The highest BCUT2D eigenvalue weighted by atomic mass is 16.5. The summed E-state index contributed by atoms with van der Waals surface area (Å²) in [5.41, 5.74) is 4.37. The fourth-order valence-electron chi connectivity index (χ4n) is 4.05. The van der Waals surface area contributed by atoms with Crippen LogP contribution in [0.25, 0.3) is 22.8 Å². The topological polar surface area (TPSA) is 104 Å². The Kier molecular flexibility index (Phi) is 6.94. The van der Waals surface area contributed by atoms with Gasteiger partial charge in [-0.25, -0.2) is 0 Å². The first-order valence-corrected chi connectivity index (χ1v) is 11.5. The van der Waals surface area contributed by atoms with Crippen molar-refractivity contribution in [3.8, 4) is 34.7 Å². The molecule has 0 saturated heterocycles. The summed E-state index contributed by atoms with van der Waals surface area (Å²) in [5.74, 6) is 1.48. The summed E-state index contributed by atoms with van der Waals surface area (Å²) in [5, 5.41) is 16.7. The zero-order valence-electron chi connectivity index (χ0n) is 20.0. The second kappa shape index (κ2) is 10.1. The number of rotatable bonds is 6. The average Bonchev–Trinajstić information content (AvgIpc) is 3.24. The highest BCUT2D eigenvalue weighted by Gasteiger charge is 2.23. The Bertz CT molecular complexity index is 1230.